The van der Waals surface area contributed by atoms with Crippen molar-refractivity contribution in [3.63, 3.8) is 0 Å². The minimum atomic E-state index is -0.130. The second-order valence-electron chi connectivity index (χ2n) is 5.76. The van der Waals surface area contributed by atoms with Crippen LogP contribution in [0.25, 0.3) is 5.82 Å². The Bertz CT molecular complexity index is 853. The molecular formula is C16H17N7O2. The van der Waals surface area contributed by atoms with E-state index in [0.717, 1.165) is 11.6 Å². The molecule has 1 aliphatic rings. The van der Waals surface area contributed by atoms with E-state index in [2.05, 4.69) is 25.0 Å². The third-order valence-electron chi connectivity index (χ3n) is 4.12. The van der Waals surface area contributed by atoms with Crippen LogP contribution in [0, 0.1) is 6.92 Å². The molecule has 1 aliphatic heterocycles. The third kappa shape index (κ3) is 3.08. The van der Waals surface area contributed by atoms with E-state index in [1.165, 1.54) is 6.20 Å². The van der Waals surface area contributed by atoms with Crippen molar-refractivity contribution in [2.24, 2.45) is 0 Å². The van der Waals surface area contributed by atoms with Crippen LogP contribution in [0.3, 0.4) is 0 Å². The van der Waals surface area contributed by atoms with Gasteiger partial charge >= 0.3 is 0 Å². The van der Waals surface area contributed by atoms with Crippen LogP contribution >= 0.6 is 0 Å². The molecule has 0 radical (unpaired) electrons. The molecular weight excluding hydrogens is 322 g/mol. The van der Waals surface area contributed by atoms with Crippen LogP contribution < -0.4 is 4.90 Å². The minimum Gasteiger partial charge on any atom is -0.353 e. The lowest BCUT2D eigenvalue weighted by Gasteiger charge is -2.35. The van der Waals surface area contributed by atoms with E-state index >= 15 is 0 Å². The summed E-state index contributed by atoms with van der Waals surface area (Å²) in [6.07, 6.45) is 6.74. The average molecular weight is 339 g/mol. The van der Waals surface area contributed by atoms with Gasteiger partial charge < -0.3 is 14.3 Å². The van der Waals surface area contributed by atoms with Crippen molar-refractivity contribution < 1.29 is 9.32 Å². The second-order valence-corrected chi connectivity index (χ2v) is 5.76. The van der Waals surface area contributed by atoms with E-state index in [1.807, 2.05) is 23.8 Å². The Morgan fingerprint density at radius 2 is 1.92 bits per heavy atom. The van der Waals surface area contributed by atoms with Gasteiger partial charge in [-0.25, -0.2) is 15.0 Å². The van der Waals surface area contributed by atoms with E-state index < -0.39 is 0 Å². The Labute approximate surface area is 143 Å². The van der Waals surface area contributed by atoms with Crippen LogP contribution in [0.15, 0.2) is 41.6 Å². The van der Waals surface area contributed by atoms with Gasteiger partial charge in [0.25, 0.3) is 5.91 Å². The molecule has 0 aliphatic carbocycles. The molecule has 0 bridgehead atoms. The highest BCUT2D eigenvalue weighted by molar-refractivity contribution is 5.91. The van der Waals surface area contributed by atoms with Crippen LogP contribution in [-0.4, -0.2) is 61.7 Å². The van der Waals surface area contributed by atoms with Crippen molar-refractivity contribution in [2.45, 2.75) is 6.92 Å². The maximum absolute atomic E-state index is 12.3. The van der Waals surface area contributed by atoms with Gasteiger partial charge in [0.2, 0.25) is 5.76 Å². The molecule has 0 unspecified atom stereocenters. The smallest absolute Gasteiger partial charge is 0.292 e. The van der Waals surface area contributed by atoms with Gasteiger partial charge in [-0.1, -0.05) is 5.16 Å². The molecule has 4 rings (SSSR count). The number of hydrogen-bond acceptors (Lipinski definition) is 7. The molecule has 1 amide bonds. The van der Waals surface area contributed by atoms with Crippen LogP contribution in [0.4, 0.5) is 5.82 Å². The predicted octanol–water partition coefficient (Wildman–Crippen LogP) is 0.921. The Kier molecular flexibility index (Phi) is 3.88. The van der Waals surface area contributed by atoms with Crippen LogP contribution in [0.1, 0.15) is 16.4 Å². The van der Waals surface area contributed by atoms with E-state index in [1.54, 1.807) is 23.5 Å². The van der Waals surface area contributed by atoms with Crippen molar-refractivity contribution in [3.8, 4) is 5.82 Å². The average Bonchev–Trinajstić information content (AvgIpc) is 3.34. The van der Waals surface area contributed by atoms with Crippen molar-refractivity contribution >= 4 is 11.7 Å². The first-order valence-corrected chi connectivity index (χ1v) is 7.99. The second kappa shape index (κ2) is 6.34. The van der Waals surface area contributed by atoms with Gasteiger partial charge in [-0.2, -0.15) is 0 Å². The maximum Gasteiger partial charge on any atom is 0.292 e. The SMILES string of the molecule is Cc1nc(N2CCN(C(=O)c3ccno3)CC2)cc(-n2ccnc2)n1. The summed E-state index contributed by atoms with van der Waals surface area (Å²) in [6.45, 7) is 4.46. The number of imidazole rings is 1. The van der Waals surface area contributed by atoms with Gasteiger partial charge in [-0.05, 0) is 6.92 Å². The number of carbonyl (C=O) groups is 1. The standard InChI is InChI=1S/C16H17N7O2/c1-12-19-14(10-15(20-12)23-5-4-17-11-23)21-6-8-22(9-7-21)16(24)13-2-3-18-25-13/h2-5,10-11H,6-9H2,1H3. The van der Waals surface area contributed by atoms with E-state index in [4.69, 9.17) is 4.52 Å². The molecule has 9 heteroatoms. The van der Waals surface area contributed by atoms with Gasteiger partial charge in [0.15, 0.2) is 0 Å². The van der Waals surface area contributed by atoms with Gasteiger partial charge in [0.1, 0.15) is 23.8 Å². The van der Waals surface area contributed by atoms with Gasteiger partial charge in [-0.3, -0.25) is 9.36 Å². The fourth-order valence-electron chi connectivity index (χ4n) is 2.85. The first kappa shape index (κ1) is 15.3. The Morgan fingerprint density at radius 3 is 2.60 bits per heavy atom. The number of hydrogen-bond donors (Lipinski definition) is 0. The lowest BCUT2D eigenvalue weighted by molar-refractivity contribution is 0.0704. The van der Waals surface area contributed by atoms with E-state index in [9.17, 15) is 4.79 Å². The summed E-state index contributed by atoms with van der Waals surface area (Å²) in [5.74, 6) is 2.47. The molecule has 1 saturated heterocycles. The van der Waals surface area contributed by atoms with Crippen molar-refractivity contribution in [2.75, 3.05) is 31.1 Å². The molecule has 0 aromatic carbocycles. The topological polar surface area (TPSA) is 93.2 Å². The largest absolute Gasteiger partial charge is 0.353 e. The molecule has 9 nitrogen and oxygen atoms in total. The summed E-state index contributed by atoms with van der Waals surface area (Å²) in [4.78, 5) is 29.3. The summed E-state index contributed by atoms with van der Waals surface area (Å²) >= 11 is 0. The van der Waals surface area contributed by atoms with Crippen molar-refractivity contribution in [1.82, 2.24) is 29.6 Å². The zero-order chi connectivity index (χ0) is 17.2. The number of aryl methyl sites for hydroxylation is 1. The number of anilines is 1. The summed E-state index contributed by atoms with van der Waals surface area (Å²) in [6, 6.07) is 3.52. The third-order valence-corrected chi connectivity index (χ3v) is 4.12. The monoisotopic (exact) mass is 339 g/mol. The van der Waals surface area contributed by atoms with Crippen LogP contribution in [-0.2, 0) is 0 Å². The molecule has 0 N–H and O–H groups in total. The summed E-state index contributed by atoms with van der Waals surface area (Å²) < 4.78 is 6.80. The van der Waals surface area contributed by atoms with Crippen molar-refractivity contribution in [3.05, 3.63) is 48.6 Å². The van der Waals surface area contributed by atoms with Gasteiger partial charge in [-0.15, -0.1) is 0 Å². The fraction of sp³-hybridized carbons (Fsp3) is 0.312. The molecule has 0 atom stereocenters. The molecule has 0 spiro atoms. The summed E-state index contributed by atoms with van der Waals surface area (Å²) in [7, 11) is 0. The number of amides is 1. The highest BCUT2D eigenvalue weighted by Crippen LogP contribution is 2.18. The quantitative estimate of drug-likeness (QED) is 0.700. The lowest BCUT2D eigenvalue weighted by atomic mass is 10.2. The normalized spacial score (nSPS) is 14.8. The molecule has 25 heavy (non-hydrogen) atoms. The molecule has 4 heterocycles. The Hall–Kier alpha value is -3.23. The van der Waals surface area contributed by atoms with Gasteiger partial charge in [0, 0.05) is 50.7 Å². The van der Waals surface area contributed by atoms with Crippen molar-refractivity contribution in [1.29, 1.82) is 0 Å². The summed E-state index contributed by atoms with van der Waals surface area (Å²) in [5, 5.41) is 3.59. The highest BCUT2D eigenvalue weighted by Gasteiger charge is 2.25. The van der Waals surface area contributed by atoms with Gasteiger partial charge in [0.05, 0.1) is 6.20 Å². The van der Waals surface area contributed by atoms with Crippen LogP contribution in [0.2, 0.25) is 0 Å². The molecule has 3 aromatic rings. The maximum atomic E-state index is 12.3. The molecule has 3 aromatic heterocycles. The zero-order valence-electron chi connectivity index (χ0n) is 13.7. The lowest BCUT2D eigenvalue weighted by Crippen LogP contribution is -2.49. The number of piperazine rings is 1. The molecule has 128 valence electrons. The molecule has 1 fully saturated rings. The predicted molar refractivity (Wildman–Crippen MR) is 88.5 cm³/mol. The number of rotatable bonds is 3. The Balaban J connectivity index is 1.48. The van der Waals surface area contributed by atoms with E-state index in [-0.39, 0.29) is 11.7 Å². The number of carbonyl (C=O) groups excluding carboxylic acids is 1. The summed E-state index contributed by atoms with van der Waals surface area (Å²) in [5.41, 5.74) is 0. The zero-order valence-corrected chi connectivity index (χ0v) is 13.7. The number of nitrogens with zero attached hydrogens (tertiary/aromatic N) is 7. The van der Waals surface area contributed by atoms with E-state index in [0.29, 0.717) is 32.0 Å². The Morgan fingerprint density at radius 1 is 1.12 bits per heavy atom. The fourth-order valence-corrected chi connectivity index (χ4v) is 2.85. The molecule has 0 saturated carbocycles. The highest BCUT2D eigenvalue weighted by atomic mass is 16.5. The van der Waals surface area contributed by atoms with Crippen LogP contribution in [0.5, 0.6) is 0 Å². The first-order valence-electron chi connectivity index (χ1n) is 7.99. The minimum absolute atomic E-state index is 0.130. The number of aromatic nitrogens is 5. The first-order chi connectivity index (χ1) is 12.2.